The van der Waals surface area contributed by atoms with E-state index >= 15 is 0 Å². The third kappa shape index (κ3) is 4.62. The number of ether oxygens (including phenoxy) is 1. The molecule has 0 bridgehead atoms. The Labute approximate surface area is 257 Å². The van der Waals surface area contributed by atoms with Crippen LogP contribution in [0, 0.1) is 10.8 Å². The van der Waals surface area contributed by atoms with Gasteiger partial charge in [0.1, 0.15) is 0 Å². The molecule has 0 N–H and O–H groups in total. The summed E-state index contributed by atoms with van der Waals surface area (Å²) < 4.78 is 18.4. The summed E-state index contributed by atoms with van der Waals surface area (Å²) in [7, 11) is -0.474. The van der Waals surface area contributed by atoms with Crippen molar-refractivity contribution in [1.29, 1.82) is 0 Å². The molecular weight excluding hydrogens is 541 g/mol. The van der Waals surface area contributed by atoms with Crippen molar-refractivity contribution in [3.63, 3.8) is 0 Å². The van der Waals surface area contributed by atoms with Gasteiger partial charge in [-0.3, -0.25) is 14.5 Å². The van der Waals surface area contributed by atoms with Crippen LogP contribution in [0.2, 0.25) is 0 Å². The number of nitrogens with zero attached hydrogens (tertiary/aromatic N) is 3. The van der Waals surface area contributed by atoms with Gasteiger partial charge < -0.3 is 23.8 Å². The van der Waals surface area contributed by atoms with Gasteiger partial charge in [0.2, 0.25) is 11.8 Å². The maximum atomic E-state index is 14.7. The summed E-state index contributed by atoms with van der Waals surface area (Å²) in [6, 6.07) is 7.17. The number of piperidine rings is 1. The first-order valence-corrected chi connectivity index (χ1v) is 16.6. The zero-order valence-electron chi connectivity index (χ0n) is 27.3. The van der Waals surface area contributed by atoms with E-state index in [2.05, 4.69) is 69.5 Å². The van der Waals surface area contributed by atoms with Crippen LogP contribution in [0.4, 0.5) is 5.69 Å². The number of carbonyl (C=O) groups excluding carboxylic acids is 2. The Hall–Kier alpha value is -1.94. The monoisotopic (exact) mass is 591 g/mol. The van der Waals surface area contributed by atoms with E-state index in [0.717, 1.165) is 49.1 Å². The number of rotatable bonds is 4. The lowest BCUT2D eigenvalue weighted by Crippen LogP contribution is -2.58. The molecule has 5 fully saturated rings. The molecule has 1 atom stereocenters. The van der Waals surface area contributed by atoms with Crippen molar-refractivity contribution in [3.05, 3.63) is 23.8 Å². The second-order valence-electron chi connectivity index (χ2n) is 16.4. The number of fused-ring (bicyclic) bond motifs is 2. The third-order valence-electron chi connectivity index (χ3n) is 12.3. The van der Waals surface area contributed by atoms with Crippen LogP contribution in [-0.4, -0.2) is 91.4 Å². The summed E-state index contributed by atoms with van der Waals surface area (Å²) in [6.45, 7) is 19.7. The fourth-order valence-corrected chi connectivity index (χ4v) is 8.42. The Morgan fingerprint density at radius 2 is 1.56 bits per heavy atom. The van der Waals surface area contributed by atoms with Gasteiger partial charge in [-0.15, -0.1) is 0 Å². The Morgan fingerprint density at radius 1 is 0.884 bits per heavy atom. The minimum atomic E-state index is -0.589. The standard InChI is InChI=1S/C34H50BN3O5/c1-30(2)10-14-37(21-30)24-19-25(20-24)38-27-18-23(35-42-31(3,4)32(5,6)43-35)8-9-26(27)34(29(38)40)11-15-36(16-12-34)28(39)33(7)13-17-41-22-33/h8-9,18,24-25H,10-17,19-22H2,1-7H3. The molecule has 9 heteroatoms. The average molecular weight is 592 g/mol. The maximum Gasteiger partial charge on any atom is 0.494 e. The molecule has 4 saturated heterocycles. The molecule has 234 valence electrons. The first-order chi connectivity index (χ1) is 20.1. The highest BCUT2D eigenvalue weighted by molar-refractivity contribution is 6.62. The van der Waals surface area contributed by atoms with Gasteiger partial charge in [-0.1, -0.05) is 26.0 Å². The van der Waals surface area contributed by atoms with E-state index < -0.39 is 29.2 Å². The smallest absolute Gasteiger partial charge is 0.399 e. The van der Waals surface area contributed by atoms with Gasteiger partial charge in [-0.25, -0.2) is 0 Å². The molecule has 2 amide bonds. The lowest BCUT2D eigenvalue weighted by molar-refractivity contribution is -0.144. The topological polar surface area (TPSA) is 71.6 Å². The molecule has 1 saturated carbocycles. The molecular formula is C34H50BN3O5. The van der Waals surface area contributed by atoms with Crippen LogP contribution in [0.25, 0.3) is 0 Å². The summed E-state index contributed by atoms with van der Waals surface area (Å²) in [5.41, 5.74) is 1.58. The summed E-state index contributed by atoms with van der Waals surface area (Å²) in [4.78, 5) is 34.9. The highest BCUT2D eigenvalue weighted by Gasteiger charge is 2.58. The highest BCUT2D eigenvalue weighted by atomic mass is 16.7. The Bertz CT molecular complexity index is 1290. The minimum absolute atomic E-state index is 0.175. The van der Waals surface area contributed by atoms with Crippen LogP contribution >= 0.6 is 0 Å². The first-order valence-electron chi connectivity index (χ1n) is 16.6. The summed E-state index contributed by atoms with van der Waals surface area (Å²) in [5, 5.41) is 0. The summed E-state index contributed by atoms with van der Waals surface area (Å²) in [6.07, 6.45) is 5.35. The van der Waals surface area contributed by atoms with Crippen LogP contribution < -0.4 is 10.4 Å². The number of hydrogen-bond acceptors (Lipinski definition) is 6. The average Bonchev–Trinajstić information content (AvgIpc) is 3.63. The van der Waals surface area contributed by atoms with Gasteiger partial charge in [0.25, 0.3) is 0 Å². The molecule has 1 spiro atoms. The van der Waals surface area contributed by atoms with Gasteiger partial charge >= 0.3 is 7.12 Å². The van der Waals surface area contributed by atoms with Crippen LogP contribution in [0.15, 0.2) is 18.2 Å². The molecule has 5 heterocycles. The van der Waals surface area contributed by atoms with Crippen molar-refractivity contribution in [2.75, 3.05) is 44.3 Å². The molecule has 1 aromatic carbocycles. The van der Waals surface area contributed by atoms with E-state index in [1.807, 2.05) is 11.8 Å². The van der Waals surface area contributed by atoms with E-state index in [1.165, 1.54) is 6.42 Å². The van der Waals surface area contributed by atoms with E-state index in [4.69, 9.17) is 14.0 Å². The number of carbonyl (C=O) groups is 2. The lowest BCUT2D eigenvalue weighted by Gasteiger charge is -2.47. The van der Waals surface area contributed by atoms with Crippen molar-refractivity contribution < 1.29 is 23.6 Å². The molecule has 0 aromatic heterocycles. The van der Waals surface area contributed by atoms with Crippen molar-refractivity contribution >= 4 is 30.1 Å². The number of likely N-dealkylation sites (tertiary alicyclic amines) is 2. The van der Waals surface area contributed by atoms with Crippen molar-refractivity contribution in [1.82, 2.24) is 9.80 Å². The number of benzene rings is 1. The van der Waals surface area contributed by atoms with Crippen LogP contribution in [0.5, 0.6) is 0 Å². The van der Waals surface area contributed by atoms with Gasteiger partial charge in [-0.05, 0) is 102 Å². The lowest BCUT2D eigenvalue weighted by atomic mass is 9.71. The van der Waals surface area contributed by atoms with E-state index in [-0.39, 0.29) is 17.9 Å². The predicted octanol–water partition coefficient (Wildman–Crippen LogP) is 3.88. The normalized spacial score (nSPS) is 34.2. The fraction of sp³-hybridized carbons (Fsp3) is 0.765. The van der Waals surface area contributed by atoms with Gasteiger partial charge in [0, 0.05) is 44.0 Å². The predicted molar refractivity (Wildman–Crippen MR) is 167 cm³/mol. The van der Waals surface area contributed by atoms with Crippen molar-refractivity contribution in [2.24, 2.45) is 10.8 Å². The second kappa shape index (κ2) is 9.78. The van der Waals surface area contributed by atoms with Gasteiger partial charge in [0.15, 0.2) is 0 Å². The Balaban J connectivity index is 1.16. The van der Waals surface area contributed by atoms with E-state index in [0.29, 0.717) is 50.6 Å². The van der Waals surface area contributed by atoms with Gasteiger partial charge in [-0.2, -0.15) is 0 Å². The summed E-state index contributed by atoms with van der Waals surface area (Å²) >= 11 is 0. The second-order valence-corrected chi connectivity index (χ2v) is 16.4. The number of anilines is 1. The zero-order chi connectivity index (χ0) is 30.6. The highest BCUT2D eigenvalue weighted by Crippen LogP contribution is 2.52. The zero-order valence-corrected chi connectivity index (χ0v) is 27.3. The molecule has 1 unspecified atom stereocenters. The summed E-state index contributed by atoms with van der Waals surface area (Å²) in [5.74, 6) is 0.398. The van der Waals surface area contributed by atoms with Crippen molar-refractivity contribution in [3.8, 4) is 0 Å². The van der Waals surface area contributed by atoms with Crippen LogP contribution in [-0.2, 0) is 29.0 Å². The fourth-order valence-electron chi connectivity index (χ4n) is 8.42. The quantitative estimate of drug-likeness (QED) is 0.496. The molecule has 0 radical (unpaired) electrons. The van der Waals surface area contributed by atoms with Crippen LogP contribution in [0.1, 0.15) is 92.6 Å². The Kier molecular flexibility index (Phi) is 6.77. The molecule has 43 heavy (non-hydrogen) atoms. The SMILES string of the molecule is CC1(C)CCN(C2CC(N3C(=O)C4(CCN(C(=O)C5(C)CCOC5)CC4)c4ccc(B5OC(C)(C)C(C)(C)O5)cc43)C2)C1. The van der Waals surface area contributed by atoms with Gasteiger partial charge in [0.05, 0.1) is 28.6 Å². The molecule has 8 nitrogen and oxygen atoms in total. The number of hydrogen-bond donors (Lipinski definition) is 0. The first kappa shape index (κ1) is 29.8. The molecule has 1 aromatic rings. The van der Waals surface area contributed by atoms with Crippen LogP contribution in [0.3, 0.4) is 0 Å². The molecule has 1 aliphatic carbocycles. The van der Waals surface area contributed by atoms with E-state index in [1.54, 1.807) is 0 Å². The molecule has 5 aliphatic heterocycles. The largest absolute Gasteiger partial charge is 0.494 e. The van der Waals surface area contributed by atoms with E-state index in [9.17, 15) is 9.59 Å². The third-order valence-corrected chi connectivity index (χ3v) is 12.3. The Morgan fingerprint density at radius 3 is 2.14 bits per heavy atom. The molecule has 7 rings (SSSR count). The maximum absolute atomic E-state index is 14.7. The van der Waals surface area contributed by atoms with Crippen molar-refractivity contribution in [2.45, 2.75) is 116 Å². The number of amides is 2. The molecule has 6 aliphatic rings. The minimum Gasteiger partial charge on any atom is -0.399 e.